The number of methoxy groups -OCH3 is 2. The number of halogens is 2. The van der Waals surface area contributed by atoms with Crippen LogP contribution in [0.3, 0.4) is 0 Å². The number of nitrogens with one attached hydrogen (secondary N) is 1. The molecule has 1 N–H and O–H groups in total. The third-order valence-electron chi connectivity index (χ3n) is 5.03. The minimum absolute atomic E-state index is 0.0838. The fourth-order valence-corrected chi connectivity index (χ4v) is 4.22. The summed E-state index contributed by atoms with van der Waals surface area (Å²) in [6.45, 7) is 0. The normalized spacial score (nSPS) is 15.6. The van der Waals surface area contributed by atoms with Gasteiger partial charge in [0.1, 0.15) is 5.70 Å². The SMILES string of the molecule is COc1ccc(C2C=C(Nc3ccc(I)cc3)C(=O)N2c2ccc(I)cc2)cc1OC. The fourth-order valence-electron chi connectivity index (χ4n) is 3.51. The zero-order valence-electron chi connectivity index (χ0n) is 16.9. The van der Waals surface area contributed by atoms with Crippen LogP contribution in [0.25, 0.3) is 0 Å². The first kappa shape index (κ1) is 21.9. The van der Waals surface area contributed by atoms with E-state index in [1.807, 2.05) is 72.8 Å². The van der Waals surface area contributed by atoms with Crippen LogP contribution < -0.4 is 19.7 Å². The van der Waals surface area contributed by atoms with Gasteiger partial charge in [-0.1, -0.05) is 6.07 Å². The molecule has 158 valence electrons. The van der Waals surface area contributed by atoms with Gasteiger partial charge in [0.15, 0.2) is 11.5 Å². The lowest BCUT2D eigenvalue weighted by molar-refractivity contribution is -0.114. The van der Waals surface area contributed by atoms with Gasteiger partial charge in [-0.15, -0.1) is 0 Å². The molecule has 5 nitrogen and oxygen atoms in total. The number of nitrogens with zero attached hydrogens (tertiary/aromatic N) is 1. The smallest absolute Gasteiger partial charge is 0.275 e. The molecule has 0 spiro atoms. The molecule has 7 heteroatoms. The molecule has 4 rings (SSSR count). The van der Waals surface area contributed by atoms with Crippen molar-refractivity contribution in [3.8, 4) is 11.5 Å². The van der Waals surface area contributed by atoms with Gasteiger partial charge in [0.25, 0.3) is 5.91 Å². The summed E-state index contributed by atoms with van der Waals surface area (Å²) in [5, 5.41) is 3.29. The number of carbonyl (C=O) groups excluding carboxylic acids is 1. The van der Waals surface area contributed by atoms with Gasteiger partial charge < -0.3 is 14.8 Å². The monoisotopic (exact) mass is 638 g/mol. The number of benzene rings is 3. The molecule has 0 saturated heterocycles. The quantitative estimate of drug-likeness (QED) is 0.337. The highest BCUT2D eigenvalue weighted by molar-refractivity contribution is 14.1. The maximum atomic E-state index is 13.5. The Balaban J connectivity index is 1.75. The summed E-state index contributed by atoms with van der Waals surface area (Å²) in [7, 11) is 3.22. The largest absolute Gasteiger partial charge is 0.493 e. The Morgan fingerprint density at radius 1 is 0.839 bits per heavy atom. The van der Waals surface area contributed by atoms with E-state index < -0.39 is 0 Å². The van der Waals surface area contributed by atoms with E-state index in [0.717, 1.165) is 24.1 Å². The Labute approximate surface area is 208 Å². The molecule has 0 saturated carbocycles. The summed E-state index contributed by atoms with van der Waals surface area (Å²) in [6, 6.07) is 21.3. The average molecular weight is 638 g/mol. The number of hydrogen-bond donors (Lipinski definition) is 1. The van der Waals surface area contributed by atoms with E-state index in [2.05, 4.69) is 50.5 Å². The molecule has 1 atom stereocenters. The lowest BCUT2D eigenvalue weighted by Crippen LogP contribution is -2.30. The van der Waals surface area contributed by atoms with E-state index in [4.69, 9.17) is 9.47 Å². The maximum Gasteiger partial charge on any atom is 0.275 e. The molecule has 1 heterocycles. The van der Waals surface area contributed by atoms with Gasteiger partial charge in [0.05, 0.1) is 20.3 Å². The number of hydrogen-bond acceptors (Lipinski definition) is 4. The highest BCUT2D eigenvalue weighted by Crippen LogP contribution is 2.39. The molecule has 3 aromatic rings. The standard InChI is InChI=1S/C24H20I2N2O3/c1-30-22-12-3-15(13-23(22)31-2)21-14-20(27-18-8-4-16(25)5-9-18)24(29)28(21)19-10-6-17(26)7-11-19/h3-14,21,27H,1-2H3. The van der Waals surface area contributed by atoms with Gasteiger partial charge in [-0.2, -0.15) is 0 Å². The second-order valence-corrected chi connectivity index (χ2v) is 9.41. The third-order valence-corrected chi connectivity index (χ3v) is 6.47. The van der Waals surface area contributed by atoms with Crippen molar-refractivity contribution in [2.45, 2.75) is 6.04 Å². The van der Waals surface area contributed by atoms with Crippen molar-refractivity contribution in [3.05, 3.63) is 91.2 Å². The zero-order chi connectivity index (χ0) is 22.0. The Hall–Kier alpha value is -2.27. The van der Waals surface area contributed by atoms with Crippen molar-refractivity contribution in [2.24, 2.45) is 0 Å². The van der Waals surface area contributed by atoms with Crippen LogP contribution >= 0.6 is 45.2 Å². The Morgan fingerprint density at radius 2 is 1.45 bits per heavy atom. The van der Waals surface area contributed by atoms with Crippen molar-refractivity contribution < 1.29 is 14.3 Å². The molecular weight excluding hydrogens is 618 g/mol. The first-order chi connectivity index (χ1) is 15.0. The molecule has 0 radical (unpaired) electrons. The second kappa shape index (κ2) is 9.47. The van der Waals surface area contributed by atoms with E-state index in [1.165, 1.54) is 0 Å². The van der Waals surface area contributed by atoms with E-state index in [1.54, 1.807) is 19.1 Å². The first-order valence-corrected chi connectivity index (χ1v) is 11.7. The molecule has 0 aliphatic carbocycles. The van der Waals surface area contributed by atoms with Crippen LogP contribution in [0, 0.1) is 7.14 Å². The molecular formula is C24H20I2N2O3. The maximum absolute atomic E-state index is 13.5. The van der Waals surface area contributed by atoms with Crippen molar-refractivity contribution in [3.63, 3.8) is 0 Å². The van der Waals surface area contributed by atoms with Crippen molar-refractivity contribution in [1.29, 1.82) is 0 Å². The number of anilines is 2. The van der Waals surface area contributed by atoms with Crippen molar-refractivity contribution in [2.75, 3.05) is 24.4 Å². The second-order valence-electron chi connectivity index (χ2n) is 6.92. The number of rotatable bonds is 6. The average Bonchev–Trinajstić information content (AvgIpc) is 3.11. The van der Waals surface area contributed by atoms with Gasteiger partial charge in [0.2, 0.25) is 0 Å². The topological polar surface area (TPSA) is 50.8 Å². The molecule has 1 aliphatic heterocycles. The molecule has 1 amide bonds. The van der Waals surface area contributed by atoms with Crippen LogP contribution in [0.5, 0.6) is 11.5 Å². The molecule has 1 aliphatic rings. The minimum atomic E-state index is -0.279. The predicted molar refractivity (Wildman–Crippen MR) is 140 cm³/mol. The van der Waals surface area contributed by atoms with Gasteiger partial charge in [-0.05, 0) is 117 Å². The van der Waals surface area contributed by atoms with Crippen LogP contribution in [0.2, 0.25) is 0 Å². The van der Waals surface area contributed by atoms with Crippen LogP contribution in [-0.4, -0.2) is 20.1 Å². The molecule has 3 aromatic carbocycles. The highest BCUT2D eigenvalue weighted by Gasteiger charge is 2.35. The minimum Gasteiger partial charge on any atom is -0.493 e. The number of carbonyl (C=O) groups is 1. The van der Waals surface area contributed by atoms with Gasteiger partial charge in [-0.25, -0.2) is 0 Å². The molecule has 31 heavy (non-hydrogen) atoms. The van der Waals surface area contributed by atoms with Gasteiger partial charge in [-0.3, -0.25) is 9.69 Å². The predicted octanol–water partition coefficient (Wildman–Crippen LogP) is 6.00. The lowest BCUT2D eigenvalue weighted by atomic mass is 10.1. The first-order valence-electron chi connectivity index (χ1n) is 9.55. The molecule has 1 unspecified atom stereocenters. The number of amides is 1. The van der Waals surface area contributed by atoms with Crippen molar-refractivity contribution in [1.82, 2.24) is 0 Å². The van der Waals surface area contributed by atoms with Crippen LogP contribution in [0.4, 0.5) is 11.4 Å². The van der Waals surface area contributed by atoms with E-state index in [-0.39, 0.29) is 11.9 Å². The molecule has 0 bridgehead atoms. The van der Waals surface area contributed by atoms with E-state index in [9.17, 15) is 4.79 Å². The summed E-state index contributed by atoms with van der Waals surface area (Å²) < 4.78 is 13.1. The van der Waals surface area contributed by atoms with Crippen molar-refractivity contribution >= 4 is 62.5 Å². The van der Waals surface area contributed by atoms with Crippen LogP contribution in [0.15, 0.2) is 78.5 Å². The lowest BCUT2D eigenvalue weighted by Gasteiger charge is -2.26. The molecule has 0 fully saturated rings. The van der Waals surface area contributed by atoms with Crippen LogP contribution in [-0.2, 0) is 4.79 Å². The van der Waals surface area contributed by atoms with E-state index >= 15 is 0 Å². The van der Waals surface area contributed by atoms with E-state index in [0.29, 0.717) is 17.2 Å². The summed E-state index contributed by atoms with van der Waals surface area (Å²) >= 11 is 4.52. The Kier molecular flexibility index (Phi) is 6.71. The fraction of sp³-hybridized carbons (Fsp3) is 0.125. The van der Waals surface area contributed by atoms with Gasteiger partial charge in [0, 0.05) is 18.5 Å². The summed E-state index contributed by atoms with van der Waals surface area (Å²) in [4.78, 5) is 15.3. The molecule has 0 aromatic heterocycles. The highest BCUT2D eigenvalue weighted by atomic mass is 127. The third kappa shape index (κ3) is 4.67. The number of ether oxygens (including phenoxy) is 2. The summed E-state index contributed by atoms with van der Waals surface area (Å²) in [5.74, 6) is 1.19. The van der Waals surface area contributed by atoms with Crippen LogP contribution in [0.1, 0.15) is 11.6 Å². The zero-order valence-corrected chi connectivity index (χ0v) is 21.2. The Morgan fingerprint density at radius 3 is 2.06 bits per heavy atom. The summed E-state index contributed by atoms with van der Waals surface area (Å²) in [5.41, 5.74) is 3.18. The summed E-state index contributed by atoms with van der Waals surface area (Å²) in [6.07, 6.45) is 1.96. The Bertz CT molecular complexity index is 1130. The van der Waals surface area contributed by atoms with Gasteiger partial charge >= 0.3 is 0 Å².